The zero-order chi connectivity index (χ0) is 48.9. The molecular weight excluding hydrogens is 876 g/mol. The lowest BCUT2D eigenvalue weighted by atomic mass is 10.1. The van der Waals surface area contributed by atoms with Crippen molar-refractivity contribution in [2.45, 2.75) is 135 Å². The summed E-state index contributed by atoms with van der Waals surface area (Å²) in [5.74, 6) is -9.26. The van der Waals surface area contributed by atoms with E-state index in [-0.39, 0.29) is 35.7 Å². The lowest BCUT2D eigenvalue weighted by Crippen LogP contribution is -2.43. The normalized spacial score (nSPS) is 18.5. The van der Waals surface area contributed by atoms with E-state index in [2.05, 4.69) is 66.1 Å². The molecule has 4 aromatic rings. The van der Waals surface area contributed by atoms with Gasteiger partial charge in [0.25, 0.3) is 11.8 Å². The van der Waals surface area contributed by atoms with Crippen molar-refractivity contribution in [3.8, 4) is 5.88 Å². The summed E-state index contributed by atoms with van der Waals surface area (Å²) in [4.78, 5) is 51.5. The van der Waals surface area contributed by atoms with Gasteiger partial charge in [-0.15, -0.1) is 13.2 Å². The van der Waals surface area contributed by atoms with Crippen LogP contribution in [0, 0.1) is 5.92 Å². The molecular formula is C46H59ClF4N6O8. The van der Waals surface area contributed by atoms with Crippen LogP contribution in [-0.4, -0.2) is 101 Å². The summed E-state index contributed by atoms with van der Waals surface area (Å²) < 4.78 is 68.0. The van der Waals surface area contributed by atoms with Crippen molar-refractivity contribution in [3.05, 3.63) is 90.4 Å². The lowest BCUT2D eigenvalue weighted by Gasteiger charge is -2.26. The Morgan fingerprint density at radius 2 is 1.28 bits per heavy atom. The number of hydrogen-bond acceptors (Lipinski definition) is 11. The second-order valence-corrected chi connectivity index (χ2v) is 17.4. The van der Waals surface area contributed by atoms with E-state index >= 15 is 0 Å². The Labute approximate surface area is 381 Å². The molecule has 1 aliphatic heterocycles. The van der Waals surface area contributed by atoms with Crippen LogP contribution in [0.4, 0.5) is 22.4 Å². The van der Waals surface area contributed by atoms with Gasteiger partial charge in [0, 0.05) is 31.3 Å². The van der Waals surface area contributed by atoms with Gasteiger partial charge >= 0.3 is 18.0 Å². The van der Waals surface area contributed by atoms with Gasteiger partial charge in [-0.05, 0) is 64.3 Å². The molecule has 1 saturated carbocycles. The van der Waals surface area contributed by atoms with Gasteiger partial charge in [-0.3, -0.25) is 9.69 Å². The molecule has 0 spiro atoms. The second-order valence-electron chi connectivity index (χ2n) is 17.1. The molecule has 3 heterocycles. The molecule has 2 aromatic heterocycles. The molecule has 65 heavy (non-hydrogen) atoms. The fourth-order valence-electron chi connectivity index (χ4n) is 6.72. The zero-order valence-corrected chi connectivity index (χ0v) is 38.4. The fourth-order valence-corrected chi connectivity index (χ4v) is 6.99. The van der Waals surface area contributed by atoms with Crippen LogP contribution in [0.15, 0.2) is 73.8 Å². The molecule has 14 nitrogen and oxygen atoms in total. The number of nitrogens with one attached hydrogen (secondary N) is 1. The van der Waals surface area contributed by atoms with Crippen LogP contribution >= 0.6 is 11.6 Å². The number of carbonyl (C=O) groups is 3. The summed E-state index contributed by atoms with van der Waals surface area (Å²) in [6.45, 7) is 20.1. The molecule has 19 heteroatoms. The number of fused-ring (bicyclic) bond motifs is 2. The maximum Gasteiger partial charge on any atom is 0.411 e. The smallest absolute Gasteiger partial charge is 0.411 e. The molecule has 1 saturated heterocycles. The van der Waals surface area contributed by atoms with E-state index in [4.69, 9.17) is 31.3 Å². The van der Waals surface area contributed by atoms with Crippen LogP contribution in [0.1, 0.15) is 98.4 Å². The highest BCUT2D eigenvalue weighted by Crippen LogP contribution is 2.38. The largest absolute Gasteiger partial charge is 0.481 e. The maximum absolute atomic E-state index is 14.8. The first-order chi connectivity index (χ1) is 30.3. The number of hydrogen-bond donors (Lipinski definition) is 4. The minimum atomic E-state index is -3.40. The van der Waals surface area contributed by atoms with Gasteiger partial charge in [-0.1, -0.05) is 75.7 Å². The maximum atomic E-state index is 14.8. The summed E-state index contributed by atoms with van der Waals surface area (Å²) in [6.07, 6.45) is 0.538. The van der Waals surface area contributed by atoms with Gasteiger partial charge in [-0.25, -0.2) is 29.5 Å². The average molecular weight is 935 g/mol. The summed E-state index contributed by atoms with van der Waals surface area (Å²) >= 11 is 5.74. The quantitative estimate of drug-likeness (QED) is 0.0775. The number of carboxylic acid groups (broad SMARTS) is 2. The van der Waals surface area contributed by atoms with Gasteiger partial charge in [0.2, 0.25) is 5.88 Å². The predicted molar refractivity (Wildman–Crippen MR) is 239 cm³/mol. The number of nitrogens with zero attached hydrogens (tertiary/aromatic N) is 5. The highest BCUT2D eigenvalue weighted by atomic mass is 35.5. The third-order valence-corrected chi connectivity index (χ3v) is 9.70. The van der Waals surface area contributed by atoms with Crippen molar-refractivity contribution >= 4 is 51.7 Å². The van der Waals surface area contributed by atoms with Crippen molar-refractivity contribution in [1.82, 2.24) is 30.2 Å². The molecule has 0 radical (unpaired) electrons. The van der Waals surface area contributed by atoms with Gasteiger partial charge in [0.15, 0.2) is 10.8 Å². The van der Waals surface area contributed by atoms with Gasteiger partial charge in [0.1, 0.15) is 23.4 Å². The van der Waals surface area contributed by atoms with E-state index in [1.165, 1.54) is 0 Å². The van der Waals surface area contributed by atoms with Gasteiger partial charge in [0.05, 0.1) is 40.6 Å². The molecule has 1 aliphatic carbocycles. The molecule has 1 amide bonds. The van der Waals surface area contributed by atoms with Crippen molar-refractivity contribution in [3.63, 3.8) is 0 Å². The van der Waals surface area contributed by atoms with Crippen molar-refractivity contribution in [1.29, 1.82) is 0 Å². The number of aliphatic hydroxyl groups is 1. The molecule has 0 bridgehead atoms. The Balaban J connectivity index is 0.000000280. The number of benzene rings is 2. The Morgan fingerprint density at radius 1 is 0.800 bits per heavy atom. The number of aromatic nitrogens is 4. The Hall–Kier alpha value is -5.46. The number of ether oxygens (including phenoxy) is 2. The Morgan fingerprint density at radius 3 is 1.68 bits per heavy atom. The lowest BCUT2D eigenvalue weighted by molar-refractivity contribution is -0.142. The van der Waals surface area contributed by atoms with Gasteiger partial charge in [-0.2, -0.15) is 17.6 Å². The first-order valence-electron chi connectivity index (χ1n) is 21.0. The molecule has 2 aliphatic rings. The van der Waals surface area contributed by atoms with E-state index in [1.807, 2.05) is 0 Å². The number of carboxylic acids is 2. The summed E-state index contributed by atoms with van der Waals surface area (Å²) in [6, 6.07) is 13.3. The number of likely N-dealkylation sites (tertiary alicyclic amines) is 1. The van der Waals surface area contributed by atoms with Crippen LogP contribution in [0.25, 0.3) is 22.1 Å². The standard InChI is InChI=1S/C22H25F2N3O5.C12H9ClF2N2.C6H15N.C6H10O3/c1-5-10-22(23,24)17-18(26-15-9-7-6-8-14(15)25-17)31-13-11-16(19(28)29)27(12-13)20(30)32-21(2,3)4;1-2-7-12(14,15)10-11(13)17-9-6-4-3-5-8(9)16-10;1-5(2)7-6(3)4;7-5-2-1-4(3-5)6(8)9/h5-9,13,16H,1,10-12H2,2-4H3,(H,28,29);2-6H,1,7H2;5-7H,1-4H3;4-5,7H,1-3H2,(H,8,9)/t13-,16+;;;4-,5-/m1..0/s1. The number of rotatable bonds is 12. The van der Waals surface area contributed by atoms with E-state index in [9.17, 15) is 37.1 Å². The molecule has 356 valence electrons. The van der Waals surface area contributed by atoms with Crippen molar-refractivity contribution in [2.24, 2.45) is 5.92 Å². The third kappa shape index (κ3) is 16.5. The monoisotopic (exact) mass is 934 g/mol. The van der Waals surface area contributed by atoms with Crippen LogP contribution in [-0.2, 0) is 26.2 Å². The summed E-state index contributed by atoms with van der Waals surface area (Å²) in [7, 11) is 0. The fraction of sp³-hybridized carbons (Fsp3) is 0.500. The van der Waals surface area contributed by atoms with E-state index in [1.54, 1.807) is 69.3 Å². The molecule has 0 unspecified atom stereocenters. The third-order valence-electron chi connectivity index (χ3n) is 9.44. The number of alkyl halides is 4. The summed E-state index contributed by atoms with van der Waals surface area (Å²) in [5.41, 5.74) is -0.494. The van der Waals surface area contributed by atoms with E-state index in [0.717, 1.165) is 17.1 Å². The molecule has 2 fully saturated rings. The summed E-state index contributed by atoms with van der Waals surface area (Å²) in [5, 5.41) is 29.9. The van der Waals surface area contributed by atoms with Crippen LogP contribution in [0.3, 0.4) is 0 Å². The SMILES string of the molecule is C=CCC(F)(F)c1nc2ccccc2nc1Cl.C=CCC(F)(F)c1nc2ccccc2nc1O[C@@H]1C[C@@H](C(=O)O)N(C(=O)OC(C)(C)C)C1.CC(C)NC(C)C.O=C(O)[C@H]1CC[C@H](O)C1. The molecule has 4 N–H and O–H groups in total. The number of halogens is 5. The van der Waals surface area contributed by atoms with Crippen LogP contribution in [0.5, 0.6) is 5.88 Å². The molecule has 4 atom stereocenters. The van der Waals surface area contributed by atoms with Crippen molar-refractivity contribution < 1.29 is 56.7 Å². The van der Waals surface area contributed by atoms with E-state index in [0.29, 0.717) is 47.9 Å². The Kier molecular flexibility index (Phi) is 19.6. The minimum absolute atomic E-state index is 0.116. The van der Waals surface area contributed by atoms with Crippen LogP contribution < -0.4 is 10.1 Å². The second kappa shape index (κ2) is 23.6. The van der Waals surface area contributed by atoms with Gasteiger partial charge < -0.3 is 30.1 Å². The molecule has 6 rings (SSSR count). The highest BCUT2D eigenvalue weighted by molar-refractivity contribution is 6.30. The minimum Gasteiger partial charge on any atom is -0.481 e. The highest BCUT2D eigenvalue weighted by Gasteiger charge is 2.45. The zero-order valence-electron chi connectivity index (χ0n) is 37.6. The predicted octanol–water partition coefficient (Wildman–Crippen LogP) is 9.72. The molecule has 2 aromatic carbocycles. The number of aliphatic carboxylic acids is 2. The van der Waals surface area contributed by atoms with Crippen molar-refractivity contribution in [2.75, 3.05) is 6.54 Å². The van der Waals surface area contributed by atoms with E-state index < -0.39 is 77.7 Å². The number of carbonyl (C=O) groups excluding carboxylic acids is 1. The number of aliphatic hydroxyl groups excluding tert-OH is 1. The average Bonchev–Trinajstić information content (AvgIpc) is 3.84. The first kappa shape index (κ1) is 53.9. The number of para-hydroxylation sites is 4. The first-order valence-corrected chi connectivity index (χ1v) is 21.4. The number of allylic oxidation sites excluding steroid dienone is 2. The Bertz CT molecular complexity index is 2250. The number of amides is 1. The van der Waals surface area contributed by atoms with Crippen LogP contribution in [0.2, 0.25) is 5.15 Å². The topological polar surface area (TPSA) is 197 Å².